The van der Waals surface area contributed by atoms with E-state index in [2.05, 4.69) is 9.60 Å². The molecule has 2 atom stereocenters. The smallest absolute Gasteiger partial charge is 0.418 e. The molecule has 2 aliphatic heterocycles. The minimum absolute atomic E-state index is 0.0569. The van der Waals surface area contributed by atoms with Crippen molar-refractivity contribution >= 4 is 28.5 Å². The van der Waals surface area contributed by atoms with Gasteiger partial charge in [0.2, 0.25) is 0 Å². The fourth-order valence-electron chi connectivity index (χ4n) is 3.47. The number of alkyl carbamates (subject to hydrolysis) is 1. The van der Waals surface area contributed by atoms with Crippen molar-refractivity contribution in [2.75, 3.05) is 19.7 Å². The number of hydrogen-bond acceptors (Lipinski definition) is 8. The highest BCUT2D eigenvalue weighted by molar-refractivity contribution is 7.80. The molecule has 3 N–H and O–H groups in total. The van der Waals surface area contributed by atoms with E-state index in [-0.39, 0.29) is 25.3 Å². The topological polar surface area (TPSA) is 172 Å². The summed E-state index contributed by atoms with van der Waals surface area (Å²) in [5, 5.41) is 12.6. The Hall–Kier alpha value is -3.10. The Morgan fingerprint density at radius 3 is 2.53 bits per heavy atom. The van der Waals surface area contributed by atoms with E-state index in [1.54, 1.807) is 20.8 Å². The van der Waals surface area contributed by atoms with Gasteiger partial charge in [-0.05, 0) is 44.0 Å². The number of ether oxygens (including phenoxy) is 2. The van der Waals surface area contributed by atoms with E-state index in [1.165, 1.54) is 18.2 Å². The van der Waals surface area contributed by atoms with Gasteiger partial charge in [-0.15, -0.1) is 4.28 Å². The lowest BCUT2D eigenvalue weighted by Crippen LogP contribution is -2.38. The van der Waals surface area contributed by atoms with Crippen LogP contribution >= 0.6 is 0 Å². The van der Waals surface area contributed by atoms with Crippen molar-refractivity contribution in [3.05, 3.63) is 29.3 Å². The molecule has 2 bridgehead atoms. The molecule has 0 spiro atoms. The molecule has 3 rings (SSSR count). The summed E-state index contributed by atoms with van der Waals surface area (Å²) in [5.74, 6) is -1.03. The van der Waals surface area contributed by atoms with Gasteiger partial charge in [0.15, 0.2) is 6.04 Å². The van der Waals surface area contributed by atoms with Gasteiger partial charge < -0.3 is 24.8 Å². The molecule has 13 nitrogen and oxygen atoms in total. The third kappa shape index (κ3) is 5.20. The minimum Gasteiger partial charge on any atom is -0.492 e. The van der Waals surface area contributed by atoms with Crippen LogP contribution in [-0.2, 0) is 24.2 Å². The van der Waals surface area contributed by atoms with Crippen molar-refractivity contribution in [1.82, 2.24) is 15.3 Å². The molecule has 3 amide bonds. The van der Waals surface area contributed by atoms with E-state index >= 15 is 0 Å². The average molecular weight is 473 g/mol. The standard InChI is InChI=1S/C18H23N3O10S/c1-18(2,3)30-16(24)19-6-7-29-10-4-5-11-12(8-10)13-9-20(14(11)15(22)23)17(25)21(13)31-32(26,27)28/h4-5,8,13-14H,6-7,9H2,1-3H3,(H,19,24)(H,22,23)(H,26,27,28). The van der Waals surface area contributed by atoms with Gasteiger partial charge in [0.1, 0.15) is 24.0 Å². The van der Waals surface area contributed by atoms with E-state index in [4.69, 9.17) is 14.0 Å². The summed E-state index contributed by atoms with van der Waals surface area (Å²) in [6.45, 7) is 5.19. The second kappa shape index (κ2) is 8.44. The number of carboxylic acids is 1. The molecule has 2 aliphatic rings. The van der Waals surface area contributed by atoms with Crippen LogP contribution in [0.4, 0.5) is 9.59 Å². The molecular weight excluding hydrogens is 450 g/mol. The highest BCUT2D eigenvalue weighted by Gasteiger charge is 2.52. The zero-order chi connectivity index (χ0) is 23.8. The number of rotatable bonds is 7. The van der Waals surface area contributed by atoms with Crippen molar-refractivity contribution in [3.63, 3.8) is 0 Å². The number of amides is 3. The second-order valence-electron chi connectivity index (χ2n) is 8.09. The highest BCUT2D eigenvalue weighted by atomic mass is 32.3. The van der Waals surface area contributed by atoms with Crippen LogP contribution in [0.2, 0.25) is 0 Å². The average Bonchev–Trinajstić information content (AvgIpc) is 2.89. The molecule has 0 saturated carbocycles. The summed E-state index contributed by atoms with van der Waals surface area (Å²) in [7, 11) is -5.02. The van der Waals surface area contributed by atoms with Gasteiger partial charge in [-0.3, -0.25) is 4.55 Å². The molecule has 1 fully saturated rings. The van der Waals surface area contributed by atoms with Gasteiger partial charge in [-0.1, -0.05) is 6.07 Å². The fourth-order valence-corrected chi connectivity index (χ4v) is 3.85. The van der Waals surface area contributed by atoms with Crippen LogP contribution in [0.3, 0.4) is 0 Å². The SMILES string of the molecule is CC(C)(C)OC(=O)NCCOc1ccc2c(c1)C1CN(C(=O)N1OS(=O)(=O)O)C2C(=O)O. The van der Waals surface area contributed by atoms with Gasteiger partial charge in [0, 0.05) is 0 Å². The van der Waals surface area contributed by atoms with Crippen LogP contribution in [0.5, 0.6) is 5.75 Å². The van der Waals surface area contributed by atoms with Crippen molar-refractivity contribution in [2.45, 2.75) is 38.5 Å². The minimum atomic E-state index is -5.02. The molecular formula is C18H23N3O10S. The van der Waals surface area contributed by atoms with Crippen molar-refractivity contribution in [2.24, 2.45) is 0 Å². The molecule has 1 saturated heterocycles. The number of hydrogen-bond donors (Lipinski definition) is 3. The predicted molar refractivity (Wildman–Crippen MR) is 106 cm³/mol. The Bertz CT molecular complexity index is 1040. The molecule has 1 aromatic rings. The summed E-state index contributed by atoms with van der Waals surface area (Å²) < 4.78 is 46.4. The van der Waals surface area contributed by atoms with Crippen LogP contribution in [0.1, 0.15) is 44.0 Å². The van der Waals surface area contributed by atoms with Crippen molar-refractivity contribution in [1.29, 1.82) is 0 Å². The number of benzene rings is 1. The molecule has 0 aliphatic carbocycles. The lowest BCUT2D eigenvalue weighted by molar-refractivity contribution is -0.142. The van der Waals surface area contributed by atoms with Crippen molar-refractivity contribution < 1.29 is 46.2 Å². The number of nitrogens with zero attached hydrogens (tertiary/aromatic N) is 2. The maximum atomic E-state index is 12.5. The summed E-state index contributed by atoms with van der Waals surface area (Å²) in [5.41, 5.74) is -0.101. The Morgan fingerprint density at radius 1 is 1.25 bits per heavy atom. The van der Waals surface area contributed by atoms with E-state index in [0.717, 1.165) is 4.90 Å². The third-order valence-corrected chi connectivity index (χ3v) is 4.91. The lowest BCUT2D eigenvalue weighted by atomic mass is 9.91. The van der Waals surface area contributed by atoms with Gasteiger partial charge >= 0.3 is 28.5 Å². The van der Waals surface area contributed by atoms with Gasteiger partial charge in [0.25, 0.3) is 0 Å². The monoisotopic (exact) mass is 473 g/mol. The number of carboxylic acid groups (broad SMARTS) is 1. The number of urea groups is 1. The van der Waals surface area contributed by atoms with E-state index in [9.17, 15) is 27.9 Å². The number of fused-ring (bicyclic) bond motifs is 4. The first-order chi connectivity index (χ1) is 14.8. The summed E-state index contributed by atoms with van der Waals surface area (Å²) in [6.07, 6.45) is -0.613. The van der Waals surface area contributed by atoms with E-state index < -0.39 is 46.2 Å². The quantitative estimate of drug-likeness (QED) is 0.386. The first-order valence-electron chi connectivity index (χ1n) is 9.50. The lowest BCUT2D eigenvalue weighted by Gasteiger charge is -2.30. The maximum absolute atomic E-state index is 12.5. The molecule has 0 radical (unpaired) electrons. The second-order valence-corrected chi connectivity index (χ2v) is 9.09. The van der Waals surface area contributed by atoms with Crippen LogP contribution in [0.15, 0.2) is 18.2 Å². The molecule has 32 heavy (non-hydrogen) atoms. The number of nitrogens with one attached hydrogen (secondary N) is 1. The van der Waals surface area contributed by atoms with Gasteiger partial charge in [0.05, 0.1) is 13.1 Å². The Balaban J connectivity index is 1.76. The van der Waals surface area contributed by atoms with Crippen LogP contribution in [0.25, 0.3) is 0 Å². The number of carbonyl (C=O) groups excluding carboxylic acids is 2. The zero-order valence-electron chi connectivity index (χ0n) is 17.5. The van der Waals surface area contributed by atoms with Crippen LogP contribution in [-0.4, -0.2) is 71.4 Å². The van der Waals surface area contributed by atoms with Gasteiger partial charge in [-0.25, -0.2) is 14.4 Å². The number of carbonyl (C=O) groups is 3. The fraction of sp³-hybridized carbons (Fsp3) is 0.500. The Labute approximate surface area is 183 Å². The zero-order valence-corrected chi connectivity index (χ0v) is 18.3. The Kier molecular flexibility index (Phi) is 6.22. The summed E-state index contributed by atoms with van der Waals surface area (Å²) in [4.78, 5) is 36.9. The molecule has 1 aromatic carbocycles. The largest absolute Gasteiger partial charge is 0.492 e. The highest BCUT2D eigenvalue weighted by Crippen LogP contribution is 2.45. The first kappa shape index (κ1) is 23.6. The van der Waals surface area contributed by atoms with Gasteiger partial charge in [-0.2, -0.15) is 13.5 Å². The molecule has 0 aromatic heterocycles. The summed E-state index contributed by atoms with van der Waals surface area (Å²) >= 11 is 0. The normalized spacial score (nSPS) is 20.1. The molecule has 14 heteroatoms. The van der Waals surface area contributed by atoms with Crippen molar-refractivity contribution in [3.8, 4) is 5.75 Å². The molecule has 176 valence electrons. The summed E-state index contributed by atoms with van der Waals surface area (Å²) in [6, 6.07) is 1.03. The number of hydroxylamine groups is 2. The molecule has 2 heterocycles. The van der Waals surface area contributed by atoms with Crippen LogP contribution < -0.4 is 10.1 Å². The first-order valence-corrected chi connectivity index (χ1v) is 10.9. The molecule has 2 unspecified atom stereocenters. The Morgan fingerprint density at radius 2 is 1.94 bits per heavy atom. The van der Waals surface area contributed by atoms with E-state index in [1.807, 2.05) is 0 Å². The maximum Gasteiger partial charge on any atom is 0.418 e. The van der Waals surface area contributed by atoms with E-state index in [0.29, 0.717) is 16.4 Å². The third-order valence-electron chi connectivity index (χ3n) is 4.56. The predicted octanol–water partition coefficient (Wildman–Crippen LogP) is 1.24. The van der Waals surface area contributed by atoms with Crippen LogP contribution in [0, 0.1) is 0 Å². The number of aliphatic carboxylic acids is 1.